The lowest BCUT2D eigenvalue weighted by Crippen LogP contribution is -2.46. The van der Waals surface area contributed by atoms with Gasteiger partial charge in [-0.2, -0.15) is 9.03 Å². The number of carbonyl (C=O) groups is 5. The van der Waals surface area contributed by atoms with Gasteiger partial charge < -0.3 is 39.6 Å². The van der Waals surface area contributed by atoms with Crippen LogP contribution in [0.4, 0.5) is 25.8 Å². The molecule has 0 aliphatic rings. The van der Waals surface area contributed by atoms with Crippen molar-refractivity contribution in [2.45, 2.75) is 152 Å². The second kappa shape index (κ2) is 29.4. The van der Waals surface area contributed by atoms with Crippen LogP contribution in [0.5, 0.6) is 0 Å². The molecule has 0 fully saturated rings. The highest BCUT2D eigenvalue weighted by Gasteiger charge is 2.39. The summed E-state index contributed by atoms with van der Waals surface area (Å²) in [6.45, 7) is 16.0. The van der Waals surface area contributed by atoms with Gasteiger partial charge in [-0.1, -0.05) is 37.1 Å². The summed E-state index contributed by atoms with van der Waals surface area (Å²) in [5.74, 6) is -1.69. The van der Waals surface area contributed by atoms with Crippen LogP contribution in [0.3, 0.4) is 0 Å². The quantitative estimate of drug-likeness (QED) is 0.0281. The van der Waals surface area contributed by atoms with Gasteiger partial charge in [0.1, 0.15) is 28.9 Å². The predicted octanol–water partition coefficient (Wildman–Crippen LogP) is 6.24. The molecule has 72 heavy (non-hydrogen) atoms. The number of amides is 3. The highest BCUT2D eigenvalue weighted by molar-refractivity contribution is 7.89. The highest BCUT2D eigenvalue weighted by Crippen LogP contribution is 2.30. The SMILES string of the molecule is COC(=O)[C@H](CCCNC(=O)OC(C)(C)C)N(CCCCCCNC(=O)OC(C)(C)C)S(=O)(=O)c1ccccc1[N+](=O)[O-].COC(=O)[C@H](CCCNC(=O)OC(C)(C)C)NS(=O)(=O)c1ccccc1[N+](=O)[O-]. The van der Waals surface area contributed by atoms with Crippen LogP contribution in [-0.4, -0.2) is 130 Å². The van der Waals surface area contributed by atoms with Crippen molar-refractivity contribution in [3.63, 3.8) is 0 Å². The van der Waals surface area contributed by atoms with Crippen molar-refractivity contribution in [2.75, 3.05) is 40.4 Å². The molecule has 0 aromatic heterocycles. The maximum absolute atomic E-state index is 13.8. The summed E-state index contributed by atoms with van der Waals surface area (Å²) < 4.78 is 80.9. The average Bonchev–Trinajstić information content (AvgIpc) is 3.26. The normalized spacial score (nSPS) is 12.7. The molecule has 0 saturated heterocycles. The molecule has 2 aromatic rings. The molecule has 2 aromatic carbocycles. The number of hydrogen-bond acceptors (Lipinski definition) is 18. The zero-order valence-corrected chi connectivity index (χ0v) is 44.4. The number of benzene rings is 2. The minimum atomic E-state index is -4.53. The van der Waals surface area contributed by atoms with Crippen LogP contribution in [0.25, 0.3) is 0 Å². The third-order valence-electron chi connectivity index (χ3n) is 9.24. The van der Waals surface area contributed by atoms with E-state index >= 15 is 0 Å². The van der Waals surface area contributed by atoms with E-state index in [1.54, 1.807) is 62.3 Å². The number of rotatable bonds is 25. The molecule has 0 radical (unpaired) electrons. The van der Waals surface area contributed by atoms with E-state index in [4.69, 9.17) is 18.9 Å². The Balaban J connectivity index is 0.000000777. The monoisotopic (exact) mass is 1060 g/mol. The fraction of sp³-hybridized carbons (Fsp3) is 0.622. The molecule has 0 unspecified atom stereocenters. The van der Waals surface area contributed by atoms with Gasteiger partial charge in [-0.05, 0) is 113 Å². The van der Waals surface area contributed by atoms with Crippen molar-refractivity contribution >= 4 is 61.6 Å². The summed E-state index contributed by atoms with van der Waals surface area (Å²) in [5, 5.41) is 30.5. The molecule has 4 N–H and O–H groups in total. The fourth-order valence-electron chi connectivity index (χ4n) is 6.23. The Morgan fingerprint density at radius 1 is 0.569 bits per heavy atom. The number of unbranched alkanes of at least 4 members (excludes halogenated alkanes) is 3. The van der Waals surface area contributed by atoms with E-state index in [2.05, 4.69) is 25.4 Å². The van der Waals surface area contributed by atoms with Gasteiger partial charge in [0.05, 0.1) is 24.1 Å². The van der Waals surface area contributed by atoms with E-state index in [1.165, 1.54) is 24.3 Å². The summed E-state index contributed by atoms with van der Waals surface area (Å²) >= 11 is 0. The summed E-state index contributed by atoms with van der Waals surface area (Å²) in [6, 6.07) is 7.12. The molecule has 406 valence electrons. The number of alkyl carbamates (subject to hydrolysis) is 3. The van der Waals surface area contributed by atoms with E-state index in [0.717, 1.165) is 42.8 Å². The minimum absolute atomic E-state index is 0.0116. The van der Waals surface area contributed by atoms with Crippen LogP contribution in [0.2, 0.25) is 0 Å². The number of nitro groups is 2. The van der Waals surface area contributed by atoms with E-state index in [9.17, 15) is 61.0 Å². The zero-order valence-electron chi connectivity index (χ0n) is 42.8. The molecular weight excluding hydrogens is 991 g/mol. The summed E-state index contributed by atoms with van der Waals surface area (Å²) in [7, 11) is -6.68. The van der Waals surface area contributed by atoms with Gasteiger partial charge in [0, 0.05) is 38.3 Å². The lowest BCUT2D eigenvalue weighted by atomic mass is 10.1. The first-order valence-corrected chi connectivity index (χ1v) is 25.8. The number of ether oxygens (including phenoxy) is 5. The number of nitrogens with one attached hydrogen (secondary N) is 4. The van der Waals surface area contributed by atoms with Gasteiger partial charge in [-0.15, -0.1) is 0 Å². The fourth-order valence-corrected chi connectivity index (χ4v) is 9.42. The van der Waals surface area contributed by atoms with Gasteiger partial charge in [0.15, 0.2) is 9.79 Å². The first kappa shape index (κ1) is 63.8. The molecule has 25 nitrogen and oxygen atoms in total. The molecule has 0 spiro atoms. The Morgan fingerprint density at radius 3 is 1.39 bits per heavy atom. The standard InChI is InChI=1S/C28H46N4O10S.C17H25N3O8S/c1-27(2,3)41-25(34)29-18-12-8-9-13-20-31(43(38,39)23-17-11-10-15-21(23)32(36)37)22(24(33)40-7)16-14-19-30-26(35)42-28(4,5)6;1-17(2,3)28-16(22)18-11-7-8-12(15(21)27-4)19-29(25,26)14-10-6-5-9-13(14)20(23)24/h10-11,15,17,22H,8-9,12-14,16,18-20H2,1-7H3,(H,29,34)(H,30,35);5-6,9-10,12,19H,7-8,11H2,1-4H3,(H,18,22)/t22-;12-/m00/s1. The maximum Gasteiger partial charge on any atom is 0.407 e. The molecule has 0 bridgehead atoms. The number of nitrogens with zero attached hydrogens (tertiary/aromatic N) is 3. The van der Waals surface area contributed by atoms with Crippen LogP contribution in [-0.2, 0) is 53.3 Å². The maximum atomic E-state index is 13.8. The predicted molar refractivity (Wildman–Crippen MR) is 262 cm³/mol. The topological polar surface area (TPSA) is 337 Å². The minimum Gasteiger partial charge on any atom is -0.468 e. The Bertz CT molecular complexity index is 2360. The van der Waals surface area contributed by atoms with E-state index in [-0.39, 0.29) is 45.3 Å². The number of sulfonamides is 2. The molecule has 2 rings (SSSR count). The molecule has 3 amide bonds. The van der Waals surface area contributed by atoms with Crippen molar-refractivity contribution in [3.8, 4) is 0 Å². The van der Waals surface area contributed by atoms with Crippen molar-refractivity contribution < 1.29 is 74.3 Å². The first-order valence-electron chi connectivity index (χ1n) is 22.8. The summed E-state index contributed by atoms with van der Waals surface area (Å²) in [5.41, 5.74) is -3.22. The van der Waals surface area contributed by atoms with Gasteiger partial charge in [-0.3, -0.25) is 29.8 Å². The van der Waals surface area contributed by atoms with Crippen LogP contribution >= 0.6 is 0 Å². The van der Waals surface area contributed by atoms with Crippen molar-refractivity contribution in [1.82, 2.24) is 25.0 Å². The molecule has 27 heteroatoms. The molecule has 0 aliphatic heterocycles. The smallest absolute Gasteiger partial charge is 0.407 e. The Morgan fingerprint density at radius 2 is 0.958 bits per heavy atom. The molecule has 0 aliphatic carbocycles. The molecule has 2 atom stereocenters. The molecular formula is C45H71N7O18S2. The Labute approximate surface area is 421 Å². The van der Waals surface area contributed by atoms with Gasteiger partial charge in [-0.25, -0.2) is 31.2 Å². The van der Waals surface area contributed by atoms with Crippen molar-refractivity contribution in [3.05, 3.63) is 68.8 Å². The Kier molecular flexibility index (Phi) is 26.0. The lowest BCUT2D eigenvalue weighted by Gasteiger charge is -2.29. The van der Waals surface area contributed by atoms with E-state index in [0.29, 0.717) is 32.2 Å². The van der Waals surface area contributed by atoms with Crippen LogP contribution in [0.15, 0.2) is 58.3 Å². The second-order valence-electron chi connectivity index (χ2n) is 18.8. The number of methoxy groups -OCH3 is 2. The summed E-state index contributed by atoms with van der Waals surface area (Å²) in [6.07, 6.45) is 0.658. The van der Waals surface area contributed by atoms with Crippen LogP contribution in [0, 0.1) is 20.2 Å². The molecule has 0 saturated carbocycles. The van der Waals surface area contributed by atoms with Gasteiger partial charge in [0.2, 0.25) is 10.0 Å². The summed E-state index contributed by atoms with van der Waals surface area (Å²) in [4.78, 5) is 80.3. The van der Waals surface area contributed by atoms with Gasteiger partial charge >= 0.3 is 30.2 Å². The number of nitro benzene ring substituents is 2. The van der Waals surface area contributed by atoms with E-state index < -0.39 is 110 Å². The first-order chi connectivity index (χ1) is 33.3. The average molecular weight is 1060 g/mol. The van der Waals surface area contributed by atoms with Crippen LogP contribution in [0.1, 0.15) is 114 Å². The second-order valence-corrected chi connectivity index (χ2v) is 22.3. The highest BCUT2D eigenvalue weighted by atomic mass is 32.2. The largest absolute Gasteiger partial charge is 0.468 e. The Hall–Kier alpha value is -6.19. The third-order valence-corrected chi connectivity index (χ3v) is 12.7. The van der Waals surface area contributed by atoms with Crippen molar-refractivity contribution in [1.29, 1.82) is 0 Å². The number of carbonyl (C=O) groups excluding carboxylic acids is 5. The number of hydrogen-bond donors (Lipinski definition) is 4. The number of para-hydroxylation sites is 2. The number of esters is 2. The lowest BCUT2D eigenvalue weighted by molar-refractivity contribution is -0.388. The third kappa shape index (κ3) is 24.3. The van der Waals surface area contributed by atoms with Gasteiger partial charge in [0.25, 0.3) is 21.4 Å². The van der Waals surface area contributed by atoms with E-state index in [1.807, 2.05) is 0 Å². The molecule has 0 heterocycles. The van der Waals surface area contributed by atoms with Crippen LogP contribution < -0.4 is 20.7 Å². The van der Waals surface area contributed by atoms with Crippen molar-refractivity contribution in [2.24, 2.45) is 0 Å². The zero-order chi connectivity index (χ0) is 55.1.